The number of aryl methyl sites for hydroxylation is 1. The Morgan fingerprint density at radius 2 is 1.87 bits per heavy atom. The first kappa shape index (κ1) is 21.7. The lowest BCUT2D eigenvalue weighted by molar-refractivity contribution is -0.116. The maximum atomic E-state index is 12.6. The van der Waals surface area contributed by atoms with E-state index in [2.05, 4.69) is 33.3 Å². The summed E-state index contributed by atoms with van der Waals surface area (Å²) in [6, 6.07) is 10.5. The smallest absolute Gasteiger partial charge is 0.226 e. The average Bonchev–Trinajstić information content (AvgIpc) is 2.96. The number of hydrogen-bond acceptors (Lipinski definition) is 6. The molecule has 1 amide bonds. The fraction of sp³-hybridized carbons (Fsp3) is 0.500. The van der Waals surface area contributed by atoms with Crippen molar-refractivity contribution in [1.29, 1.82) is 5.26 Å². The Bertz CT molecular complexity index is 940. The molecule has 0 unspecified atom stereocenters. The van der Waals surface area contributed by atoms with E-state index in [0.717, 1.165) is 62.7 Å². The molecule has 1 aromatic heterocycles. The maximum Gasteiger partial charge on any atom is 0.226 e. The fourth-order valence-electron chi connectivity index (χ4n) is 4.42. The molecule has 1 saturated heterocycles. The zero-order chi connectivity index (χ0) is 21.6. The molecular formula is C24H30N4O2S. The first-order valence-corrected chi connectivity index (χ1v) is 12.0. The molecule has 0 spiro atoms. The van der Waals surface area contributed by atoms with Crippen molar-refractivity contribution in [2.45, 2.75) is 38.5 Å². The van der Waals surface area contributed by atoms with E-state index in [1.54, 1.807) is 18.4 Å². The monoisotopic (exact) mass is 438 g/mol. The zero-order valence-corrected chi connectivity index (χ0v) is 19.0. The van der Waals surface area contributed by atoms with Gasteiger partial charge in [0.05, 0.1) is 12.7 Å². The molecule has 31 heavy (non-hydrogen) atoms. The van der Waals surface area contributed by atoms with Gasteiger partial charge < -0.3 is 15.0 Å². The van der Waals surface area contributed by atoms with Gasteiger partial charge in [-0.15, -0.1) is 11.3 Å². The first-order chi connectivity index (χ1) is 15.2. The number of methoxy groups -OCH3 is 1. The molecule has 4 rings (SSSR count). The van der Waals surface area contributed by atoms with Crippen molar-refractivity contribution in [3.05, 3.63) is 40.3 Å². The normalized spacial score (nSPS) is 16.8. The lowest BCUT2D eigenvalue weighted by Gasteiger charge is -2.36. The molecule has 1 aliphatic carbocycles. The Balaban J connectivity index is 1.26. The largest absolute Gasteiger partial charge is 0.497 e. The SMILES string of the molecule is COc1ccc(N2CCN(CCC(=O)Nc3sc4c(c3C#N)CCCCC4)CC2)cc1. The van der Waals surface area contributed by atoms with Crippen molar-refractivity contribution >= 4 is 27.9 Å². The molecule has 0 radical (unpaired) electrons. The van der Waals surface area contributed by atoms with E-state index in [0.29, 0.717) is 12.0 Å². The summed E-state index contributed by atoms with van der Waals surface area (Å²) in [7, 11) is 1.68. The third kappa shape index (κ3) is 5.20. The number of carbonyl (C=O) groups is 1. The lowest BCUT2D eigenvalue weighted by Crippen LogP contribution is -2.47. The Labute approximate surface area is 188 Å². The van der Waals surface area contributed by atoms with Gasteiger partial charge in [0, 0.05) is 49.7 Å². The van der Waals surface area contributed by atoms with E-state index >= 15 is 0 Å². The van der Waals surface area contributed by atoms with Crippen LogP contribution in [0, 0.1) is 11.3 Å². The molecule has 2 aromatic rings. The van der Waals surface area contributed by atoms with Crippen LogP contribution in [0.2, 0.25) is 0 Å². The predicted molar refractivity (Wildman–Crippen MR) is 125 cm³/mol. The van der Waals surface area contributed by atoms with Gasteiger partial charge in [-0.05, 0) is 55.5 Å². The minimum Gasteiger partial charge on any atom is -0.497 e. The van der Waals surface area contributed by atoms with Crippen LogP contribution in [0.1, 0.15) is 41.7 Å². The summed E-state index contributed by atoms with van der Waals surface area (Å²) in [6.45, 7) is 4.52. The van der Waals surface area contributed by atoms with Gasteiger partial charge in [0.1, 0.15) is 16.8 Å². The maximum absolute atomic E-state index is 12.6. The van der Waals surface area contributed by atoms with Crippen molar-refractivity contribution in [2.24, 2.45) is 0 Å². The fourth-order valence-corrected chi connectivity index (χ4v) is 5.68. The number of amides is 1. The minimum atomic E-state index is 0.00509. The number of rotatable bonds is 6. The minimum absolute atomic E-state index is 0.00509. The second kappa shape index (κ2) is 10.2. The molecule has 0 bridgehead atoms. The van der Waals surface area contributed by atoms with E-state index in [1.165, 1.54) is 29.0 Å². The van der Waals surface area contributed by atoms with Crippen molar-refractivity contribution in [1.82, 2.24) is 4.90 Å². The lowest BCUT2D eigenvalue weighted by atomic mass is 10.1. The number of hydrogen-bond donors (Lipinski definition) is 1. The molecule has 1 N–H and O–H groups in total. The summed E-state index contributed by atoms with van der Waals surface area (Å²) in [6.07, 6.45) is 5.98. The molecule has 0 atom stereocenters. The van der Waals surface area contributed by atoms with Crippen LogP contribution >= 0.6 is 11.3 Å². The summed E-state index contributed by atoms with van der Waals surface area (Å²) in [4.78, 5) is 18.6. The number of thiophene rings is 1. The Kier molecular flexibility index (Phi) is 7.10. The quantitative estimate of drug-likeness (QED) is 0.689. The highest BCUT2D eigenvalue weighted by Crippen LogP contribution is 2.37. The van der Waals surface area contributed by atoms with Crippen molar-refractivity contribution < 1.29 is 9.53 Å². The topological polar surface area (TPSA) is 68.6 Å². The molecule has 0 saturated carbocycles. The van der Waals surface area contributed by atoms with Crippen LogP contribution in [0.15, 0.2) is 24.3 Å². The summed E-state index contributed by atoms with van der Waals surface area (Å²) < 4.78 is 5.23. The van der Waals surface area contributed by atoms with Crippen LogP contribution in [-0.4, -0.2) is 50.6 Å². The number of ether oxygens (including phenoxy) is 1. The van der Waals surface area contributed by atoms with Gasteiger partial charge in [0.2, 0.25) is 5.91 Å². The number of benzene rings is 1. The van der Waals surface area contributed by atoms with Gasteiger partial charge in [-0.2, -0.15) is 5.26 Å². The van der Waals surface area contributed by atoms with Gasteiger partial charge in [-0.25, -0.2) is 0 Å². The van der Waals surface area contributed by atoms with Gasteiger partial charge in [-0.3, -0.25) is 9.69 Å². The van der Waals surface area contributed by atoms with Crippen molar-refractivity contribution in [2.75, 3.05) is 50.1 Å². The van der Waals surface area contributed by atoms with Crippen LogP contribution in [-0.2, 0) is 17.6 Å². The van der Waals surface area contributed by atoms with Crippen LogP contribution in [0.25, 0.3) is 0 Å². The first-order valence-electron chi connectivity index (χ1n) is 11.1. The van der Waals surface area contributed by atoms with E-state index < -0.39 is 0 Å². The summed E-state index contributed by atoms with van der Waals surface area (Å²) >= 11 is 1.61. The summed E-state index contributed by atoms with van der Waals surface area (Å²) in [5.41, 5.74) is 3.08. The van der Waals surface area contributed by atoms with Gasteiger partial charge in [0.25, 0.3) is 0 Å². The van der Waals surface area contributed by atoms with Crippen LogP contribution in [0.4, 0.5) is 10.7 Å². The number of nitrogens with zero attached hydrogens (tertiary/aromatic N) is 3. The van der Waals surface area contributed by atoms with Gasteiger partial charge in [0.15, 0.2) is 0 Å². The molecule has 6 nitrogen and oxygen atoms in total. The number of piperazine rings is 1. The molecule has 1 fully saturated rings. The Morgan fingerprint density at radius 1 is 1.13 bits per heavy atom. The molecule has 1 aromatic carbocycles. The molecule has 2 heterocycles. The predicted octanol–water partition coefficient (Wildman–Crippen LogP) is 4.05. The van der Waals surface area contributed by atoms with Crippen molar-refractivity contribution in [3.63, 3.8) is 0 Å². The highest BCUT2D eigenvalue weighted by molar-refractivity contribution is 7.16. The molecule has 1 aliphatic heterocycles. The Hall–Kier alpha value is -2.56. The van der Waals surface area contributed by atoms with E-state index in [-0.39, 0.29) is 5.91 Å². The van der Waals surface area contributed by atoms with Crippen LogP contribution < -0.4 is 15.0 Å². The average molecular weight is 439 g/mol. The number of anilines is 2. The number of nitriles is 1. The van der Waals surface area contributed by atoms with Crippen molar-refractivity contribution in [3.8, 4) is 11.8 Å². The molecule has 2 aliphatic rings. The third-order valence-corrected chi connectivity index (χ3v) is 7.46. The zero-order valence-electron chi connectivity index (χ0n) is 18.2. The molecule has 164 valence electrons. The number of carbonyl (C=O) groups excluding carboxylic acids is 1. The van der Waals surface area contributed by atoms with Crippen LogP contribution in [0.5, 0.6) is 5.75 Å². The highest BCUT2D eigenvalue weighted by atomic mass is 32.1. The highest BCUT2D eigenvalue weighted by Gasteiger charge is 2.22. The Morgan fingerprint density at radius 3 is 2.58 bits per heavy atom. The van der Waals surface area contributed by atoms with Gasteiger partial charge in [-0.1, -0.05) is 6.42 Å². The molecule has 7 heteroatoms. The second-order valence-corrected chi connectivity index (χ2v) is 9.31. The van der Waals surface area contributed by atoms with Crippen LogP contribution in [0.3, 0.4) is 0 Å². The summed E-state index contributed by atoms with van der Waals surface area (Å²) in [5, 5.41) is 13.4. The number of nitrogens with one attached hydrogen (secondary N) is 1. The van der Waals surface area contributed by atoms with E-state index in [9.17, 15) is 10.1 Å². The molecular weight excluding hydrogens is 408 g/mol. The summed E-state index contributed by atoms with van der Waals surface area (Å²) in [5.74, 6) is 0.876. The number of fused-ring (bicyclic) bond motifs is 1. The second-order valence-electron chi connectivity index (χ2n) is 8.21. The van der Waals surface area contributed by atoms with E-state index in [4.69, 9.17) is 4.74 Å². The third-order valence-electron chi connectivity index (χ3n) is 6.25. The standard InChI is InChI=1S/C24H30N4O2S/c1-30-19-9-7-18(8-10-19)28-15-13-27(14-16-28)12-11-23(29)26-24-21(17-25)20-5-3-2-4-6-22(20)31-24/h7-10H,2-6,11-16H2,1H3,(H,26,29). The van der Waals surface area contributed by atoms with Gasteiger partial charge >= 0.3 is 0 Å². The van der Waals surface area contributed by atoms with E-state index in [1.807, 2.05) is 12.1 Å².